The van der Waals surface area contributed by atoms with E-state index in [2.05, 4.69) is 37.6 Å². The number of nitrogens with one attached hydrogen (secondary N) is 2. The Labute approximate surface area is 196 Å². The number of aromatic nitrogens is 3. The van der Waals surface area contributed by atoms with Crippen molar-refractivity contribution in [1.29, 1.82) is 0 Å². The summed E-state index contributed by atoms with van der Waals surface area (Å²) in [4.78, 5) is 6.86. The van der Waals surface area contributed by atoms with E-state index in [1.807, 2.05) is 20.0 Å². The lowest BCUT2D eigenvalue weighted by molar-refractivity contribution is -0.138. The molecule has 0 spiro atoms. The van der Waals surface area contributed by atoms with Gasteiger partial charge >= 0.3 is 6.18 Å². The second kappa shape index (κ2) is 9.71. The molecule has 182 valence electrons. The predicted molar refractivity (Wildman–Crippen MR) is 126 cm³/mol. The van der Waals surface area contributed by atoms with Crippen LogP contribution >= 0.6 is 0 Å². The van der Waals surface area contributed by atoms with Gasteiger partial charge in [-0.2, -0.15) is 18.3 Å². The minimum absolute atomic E-state index is 0.174. The smallest absolute Gasteiger partial charge is 0.377 e. The van der Waals surface area contributed by atoms with Crippen LogP contribution in [0.3, 0.4) is 0 Å². The molecule has 1 aromatic carbocycles. The fraction of sp³-hybridized carbons (Fsp3) is 0.458. The fourth-order valence-electron chi connectivity index (χ4n) is 4.43. The van der Waals surface area contributed by atoms with Crippen LogP contribution < -0.4 is 15.5 Å². The van der Waals surface area contributed by atoms with Crippen LogP contribution in [0.5, 0.6) is 0 Å². The molecule has 34 heavy (non-hydrogen) atoms. The lowest BCUT2D eigenvalue weighted by Gasteiger charge is -2.34. The van der Waals surface area contributed by atoms with Crippen LogP contribution in [0.25, 0.3) is 10.8 Å². The van der Waals surface area contributed by atoms with Gasteiger partial charge in [-0.25, -0.2) is 4.98 Å². The van der Waals surface area contributed by atoms with E-state index in [0.717, 1.165) is 34.9 Å². The van der Waals surface area contributed by atoms with Crippen molar-refractivity contribution in [2.45, 2.75) is 45.6 Å². The molecule has 2 atom stereocenters. The molecule has 0 amide bonds. The Hall–Kier alpha value is -2.98. The van der Waals surface area contributed by atoms with Crippen molar-refractivity contribution in [2.24, 2.45) is 0 Å². The first-order chi connectivity index (χ1) is 16.2. The van der Waals surface area contributed by atoms with Gasteiger partial charge in [-0.3, -0.25) is 0 Å². The predicted octanol–water partition coefficient (Wildman–Crippen LogP) is 4.47. The number of rotatable bonds is 6. The molecule has 1 fully saturated rings. The van der Waals surface area contributed by atoms with Gasteiger partial charge in [-0.05, 0) is 51.1 Å². The highest BCUT2D eigenvalue weighted by Gasteiger charge is 2.33. The molecule has 10 heteroatoms. The van der Waals surface area contributed by atoms with Crippen LogP contribution in [0, 0.1) is 6.92 Å². The third-order valence-corrected chi connectivity index (χ3v) is 6.23. The Morgan fingerprint density at radius 3 is 2.74 bits per heavy atom. The minimum Gasteiger partial charge on any atom is -0.377 e. The molecule has 0 saturated carbocycles. The molecule has 0 unspecified atom stereocenters. The van der Waals surface area contributed by atoms with Gasteiger partial charge in [0.15, 0.2) is 5.82 Å². The van der Waals surface area contributed by atoms with Gasteiger partial charge in [0.25, 0.3) is 0 Å². The Morgan fingerprint density at radius 1 is 1.24 bits per heavy atom. The van der Waals surface area contributed by atoms with Gasteiger partial charge in [-0.15, -0.1) is 5.10 Å². The first kappa shape index (κ1) is 24.2. The summed E-state index contributed by atoms with van der Waals surface area (Å²) in [6.45, 7) is 7.89. The number of nitrogens with zero attached hydrogens (tertiary/aromatic N) is 4. The number of anilines is 2. The molecule has 2 aromatic heterocycles. The van der Waals surface area contributed by atoms with Crippen molar-refractivity contribution in [3.63, 3.8) is 0 Å². The molecule has 1 aliphatic heterocycles. The molecule has 4 rings (SSSR count). The summed E-state index contributed by atoms with van der Waals surface area (Å²) in [6.07, 6.45) is -2.61. The lowest BCUT2D eigenvalue weighted by atomic mass is 9.97. The van der Waals surface area contributed by atoms with Gasteiger partial charge in [-0.1, -0.05) is 12.1 Å². The number of halogens is 3. The number of hydrogen-bond acceptors (Lipinski definition) is 7. The SMILES string of the molecule is CNCc1nnc(N[C@H](C)c2cccc(C(F)(F)F)c2C)c2cc(N3CCOC[C@H]3C)ncc12. The average Bonchev–Trinajstić information content (AvgIpc) is 2.80. The van der Waals surface area contributed by atoms with Crippen molar-refractivity contribution >= 4 is 22.4 Å². The fourth-order valence-corrected chi connectivity index (χ4v) is 4.43. The molecule has 1 aliphatic rings. The molecule has 2 N–H and O–H groups in total. The monoisotopic (exact) mass is 474 g/mol. The summed E-state index contributed by atoms with van der Waals surface area (Å²) in [5.41, 5.74) is 0.871. The molecule has 3 heterocycles. The normalized spacial score (nSPS) is 17.7. The van der Waals surface area contributed by atoms with Crippen LogP contribution in [-0.4, -0.2) is 48.0 Å². The first-order valence-electron chi connectivity index (χ1n) is 11.3. The van der Waals surface area contributed by atoms with Crippen LogP contribution in [0.2, 0.25) is 0 Å². The Balaban J connectivity index is 1.74. The quantitative estimate of drug-likeness (QED) is 0.546. The van der Waals surface area contributed by atoms with E-state index < -0.39 is 17.8 Å². The standard InChI is InChI=1S/C24H29F3N6O/c1-14-13-34-9-8-33(14)22-10-18-19(11-29-22)21(12-28-4)31-32-23(18)30-16(3)17-6-5-7-20(15(17)2)24(25,26)27/h5-7,10-11,14,16,28H,8-9,12-13H2,1-4H3,(H,30,32)/t14-,16-/m1/s1. The van der Waals surface area contributed by atoms with Crippen LogP contribution in [0.4, 0.5) is 24.8 Å². The largest absolute Gasteiger partial charge is 0.416 e. The maximum absolute atomic E-state index is 13.4. The van der Waals surface area contributed by atoms with E-state index in [-0.39, 0.29) is 11.6 Å². The van der Waals surface area contributed by atoms with E-state index in [1.54, 1.807) is 12.3 Å². The third-order valence-electron chi connectivity index (χ3n) is 6.23. The van der Waals surface area contributed by atoms with E-state index in [4.69, 9.17) is 4.74 Å². The zero-order chi connectivity index (χ0) is 24.5. The number of fused-ring (bicyclic) bond motifs is 1. The second-order valence-corrected chi connectivity index (χ2v) is 8.61. The van der Waals surface area contributed by atoms with E-state index in [0.29, 0.717) is 31.1 Å². The second-order valence-electron chi connectivity index (χ2n) is 8.61. The van der Waals surface area contributed by atoms with E-state index in [9.17, 15) is 13.2 Å². The van der Waals surface area contributed by atoms with Crippen LogP contribution in [0.15, 0.2) is 30.5 Å². The summed E-state index contributed by atoms with van der Waals surface area (Å²) in [5.74, 6) is 1.31. The summed E-state index contributed by atoms with van der Waals surface area (Å²) < 4.78 is 45.8. The topological polar surface area (TPSA) is 75.2 Å². The van der Waals surface area contributed by atoms with E-state index >= 15 is 0 Å². The van der Waals surface area contributed by atoms with Crippen molar-refractivity contribution in [1.82, 2.24) is 20.5 Å². The van der Waals surface area contributed by atoms with Crippen molar-refractivity contribution in [3.8, 4) is 0 Å². The minimum atomic E-state index is -4.41. The van der Waals surface area contributed by atoms with Crippen molar-refractivity contribution < 1.29 is 17.9 Å². The first-order valence-corrected chi connectivity index (χ1v) is 11.3. The molecular weight excluding hydrogens is 445 g/mol. The maximum Gasteiger partial charge on any atom is 0.416 e. The molecular formula is C24H29F3N6O. The molecule has 0 bridgehead atoms. The highest BCUT2D eigenvalue weighted by molar-refractivity contribution is 5.94. The number of ether oxygens (including phenoxy) is 1. The summed E-state index contributed by atoms with van der Waals surface area (Å²) in [7, 11) is 1.83. The van der Waals surface area contributed by atoms with Crippen LogP contribution in [0.1, 0.15) is 42.3 Å². The highest BCUT2D eigenvalue weighted by Crippen LogP contribution is 2.36. The number of pyridine rings is 1. The van der Waals surface area contributed by atoms with Gasteiger partial charge in [0.2, 0.25) is 0 Å². The Bertz CT molecular complexity index is 1170. The Morgan fingerprint density at radius 2 is 2.03 bits per heavy atom. The Kier molecular flexibility index (Phi) is 6.90. The van der Waals surface area contributed by atoms with E-state index in [1.165, 1.54) is 13.0 Å². The molecule has 3 aromatic rings. The number of benzene rings is 1. The van der Waals surface area contributed by atoms with Crippen molar-refractivity contribution in [2.75, 3.05) is 37.0 Å². The number of hydrogen-bond donors (Lipinski definition) is 2. The van der Waals surface area contributed by atoms with Gasteiger partial charge < -0.3 is 20.3 Å². The number of morpholine rings is 1. The van der Waals surface area contributed by atoms with Crippen LogP contribution in [-0.2, 0) is 17.5 Å². The zero-order valence-corrected chi connectivity index (χ0v) is 19.7. The molecule has 7 nitrogen and oxygen atoms in total. The average molecular weight is 475 g/mol. The van der Waals surface area contributed by atoms with Gasteiger partial charge in [0.1, 0.15) is 5.82 Å². The van der Waals surface area contributed by atoms with Crippen molar-refractivity contribution in [3.05, 3.63) is 52.8 Å². The molecule has 0 radical (unpaired) electrons. The van der Waals surface area contributed by atoms with Gasteiger partial charge in [0.05, 0.1) is 36.6 Å². The summed E-state index contributed by atoms with van der Waals surface area (Å²) in [5, 5.41) is 16.8. The highest BCUT2D eigenvalue weighted by atomic mass is 19.4. The molecule has 0 aliphatic carbocycles. The third kappa shape index (κ3) is 4.78. The summed E-state index contributed by atoms with van der Waals surface area (Å²) >= 11 is 0. The maximum atomic E-state index is 13.4. The lowest BCUT2D eigenvalue weighted by Crippen LogP contribution is -2.44. The number of alkyl halides is 3. The van der Waals surface area contributed by atoms with Gasteiger partial charge in [0, 0.05) is 30.1 Å². The zero-order valence-electron chi connectivity index (χ0n) is 19.7. The molecule has 1 saturated heterocycles. The summed E-state index contributed by atoms with van der Waals surface area (Å²) in [6, 6.07) is 5.97.